The van der Waals surface area contributed by atoms with E-state index in [0.29, 0.717) is 16.9 Å². The average molecular weight is 445 g/mol. The lowest BCUT2D eigenvalue weighted by Crippen LogP contribution is -2.13. The molecule has 0 aliphatic heterocycles. The molecule has 0 saturated heterocycles. The molecule has 0 aliphatic rings. The normalized spacial score (nSPS) is 12.5. The van der Waals surface area contributed by atoms with E-state index in [4.69, 9.17) is 10.1 Å². The molecule has 0 N–H and O–H groups in total. The van der Waals surface area contributed by atoms with Gasteiger partial charge in [-0.1, -0.05) is 75.4 Å². The van der Waals surface area contributed by atoms with Gasteiger partial charge < -0.3 is 0 Å². The number of halogens is 3. The number of fused-ring (bicyclic) bond motifs is 3. The largest absolute Gasteiger partial charge is 0.416 e. The Morgan fingerprint density at radius 3 is 1.94 bits per heavy atom. The molecule has 0 radical (unpaired) electrons. The molecule has 0 bridgehead atoms. The van der Waals surface area contributed by atoms with Crippen LogP contribution in [0.15, 0.2) is 78.9 Å². The maximum Gasteiger partial charge on any atom is 0.416 e. The highest BCUT2D eigenvalue weighted by atomic mass is 19.4. The monoisotopic (exact) mass is 445 g/mol. The molecule has 5 rings (SSSR count). The summed E-state index contributed by atoms with van der Waals surface area (Å²) in [6.45, 7) is 6.34. The van der Waals surface area contributed by atoms with Gasteiger partial charge in [0.25, 0.3) is 0 Å². The van der Waals surface area contributed by atoms with Crippen molar-refractivity contribution in [1.82, 2.24) is 14.8 Å². The van der Waals surface area contributed by atoms with Crippen LogP contribution in [0.5, 0.6) is 0 Å². The van der Waals surface area contributed by atoms with Crippen molar-refractivity contribution in [2.75, 3.05) is 0 Å². The van der Waals surface area contributed by atoms with Gasteiger partial charge in [0.05, 0.1) is 28.0 Å². The second-order valence-corrected chi connectivity index (χ2v) is 9.13. The minimum atomic E-state index is -4.38. The fourth-order valence-corrected chi connectivity index (χ4v) is 4.15. The summed E-state index contributed by atoms with van der Waals surface area (Å²) in [7, 11) is 0. The van der Waals surface area contributed by atoms with E-state index in [1.54, 1.807) is 0 Å². The smallest absolute Gasteiger partial charge is 0.227 e. The minimum absolute atomic E-state index is 0.237. The molecule has 3 aromatic carbocycles. The molecule has 166 valence electrons. The maximum atomic E-state index is 13.1. The number of para-hydroxylation sites is 1. The van der Waals surface area contributed by atoms with Crippen LogP contribution in [0.2, 0.25) is 0 Å². The standard InChI is InChI=1S/C27H22F3N3/c1-26(2,3)24-22-20-11-7-8-12-21(20)23(17-13-15-18(16-14-17)27(28,29)30)31-25(22)33(32-24)19-9-5-4-6-10-19/h4-16H,1-3H3. The Kier molecular flexibility index (Phi) is 4.78. The molecular formula is C27H22F3N3. The molecular weight excluding hydrogens is 423 g/mol. The first-order chi connectivity index (χ1) is 15.6. The summed E-state index contributed by atoms with van der Waals surface area (Å²) in [4.78, 5) is 5.00. The maximum absolute atomic E-state index is 13.1. The van der Waals surface area contributed by atoms with Gasteiger partial charge in [-0.25, -0.2) is 9.67 Å². The number of pyridine rings is 1. The molecule has 3 nitrogen and oxygen atoms in total. The Bertz CT molecular complexity index is 1460. The Morgan fingerprint density at radius 1 is 0.727 bits per heavy atom. The predicted octanol–water partition coefficient (Wildman–Crippen LogP) is 7.56. The van der Waals surface area contributed by atoms with Gasteiger partial charge in [-0.05, 0) is 29.7 Å². The molecule has 2 aromatic heterocycles. The van der Waals surface area contributed by atoms with E-state index in [0.717, 1.165) is 39.7 Å². The molecule has 0 fully saturated rings. The zero-order chi connectivity index (χ0) is 23.4. The van der Waals surface area contributed by atoms with E-state index in [9.17, 15) is 13.2 Å². The van der Waals surface area contributed by atoms with Gasteiger partial charge >= 0.3 is 6.18 Å². The van der Waals surface area contributed by atoms with Crippen molar-refractivity contribution in [1.29, 1.82) is 0 Å². The van der Waals surface area contributed by atoms with Crippen molar-refractivity contribution in [3.8, 4) is 16.9 Å². The van der Waals surface area contributed by atoms with Gasteiger partial charge in [0.2, 0.25) is 0 Å². The van der Waals surface area contributed by atoms with Crippen molar-refractivity contribution >= 4 is 21.8 Å². The number of nitrogens with zero attached hydrogens (tertiary/aromatic N) is 3. The van der Waals surface area contributed by atoms with Crippen molar-refractivity contribution < 1.29 is 13.2 Å². The molecule has 2 heterocycles. The minimum Gasteiger partial charge on any atom is -0.227 e. The molecule has 5 aromatic rings. The van der Waals surface area contributed by atoms with Crippen LogP contribution in [0.25, 0.3) is 38.8 Å². The van der Waals surface area contributed by atoms with Gasteiger partial charge in [0, 0.05) is 16.4 Å². The summed E-state index contributed by atoms with van der Waals surface area (Å²) in [6.07, 6.45) is -4.38. The predicted molar refractivity (Wildman–Crippen MR) is 126 cm³/mol. The molecule has 0 amide bonds. The number of aromatic nitrogens is 3. The molecule has 33 heavy (non-hydrogen) atoms. The summed E-state index contributed by atoms with van der Waals surface area (Å²) in [5, 5.41) is 7.78. The number of benzene rings is 3. The van der Waals surface area contributed by atoms with Crippen LogP contribution >= 0.6 is 0 Å². The van der Waals surface area contributed by atoms with E-state index in [1.165, 1.54) is 12.1 Å². The highest BCUT2D eigenvalue weighted by Crippen LogP contribution is 2.39. The molecule has 0 aliphatic carbocycles. The Balaban J connectivity index is 1.87. The topological polar surface area (TPSA) is 30.7 Å². The Morgan fingerprint density at radius 2 is 1.33 bits per heavy atom. The van der Waals surface area contributed by atoms with Gasteiger partial charge in [0.15, 0.2) is 5.65 Å². The zero-order valence-electron chi connectivity index (χ0n) is 18.5. The zero-order valence-corrected chi connectivity index (χ0v) is 18.5. The number of hydrogen-bond donors (Lipinski definition) is 0. The average Bonchev–Trinajstić information content (AvgIpc) is 3.19. The highest BCUT2D eigenvalue weighted by Gasteiger charge is 2.30. The van der Waals surface area contributed by atoms with E-state index < -0.39 is 11.7 Å². The summed E-state index contributed by atoms with van der Waals surface area (Å²) in [5.41, 5.74) is 2.81. The van der Waals surface area contributed by atoms with E-state index in [2.05, 4.69) is 20.8 Å². The first-order valence-corrected chi connectivity index (χ1v) is 10.7. The lowest BCUT2D eigenvalue weighted by molar-refractivity contribution is -0.137. The summed E-state index contributed by atoms with van der Waals surface area (Å²) < 4.78 is 41.2. The van der Waals surface area contributed by atoms with Gasteiger partial charge in [-0.2, -0.15) is 18.3 Å². The summed E-state index contributed by atoms with van der Waals surface area (Å²) >= 11 is 0. The second kappa shape index (κ2) is 7.44. The molecule has 0 spiro atoms. The second-order valence-electron chi connectivity index (χ2n) is 9.13. The van der Waals surface area contributed by atoms with Crippen LogP contribution in [-0.2, 0) is 11.6 Å². The van der Waals surface area contributed by atoms with Crippen molar-refractivity contribution in [2.45, 2.75) is 32.4 Å². The van der Waals surface area contributed by atoms with Crippen LogP contribution in [0, 0.1) is 0 Å². The van der Waals surface area contributed by atoms with Crippen LogP contribution in [0.1, 0.15) is 32.0 Å². The Hall–Kier alpha value is -3.67. The summed E-state index contributed by atoms with van der Waals surface area (Å²) in [5.74, 6) is 0. The quantitative estimate of drug-likeness (QED) is 0.281. The lowest BCUT2D eigenvalue weighted by Gasteiger charge is -2.16. The van der Waals surface area contributed by atoms with E-state index in [1.807, 2.05) is 59.3 Å². The van der Waals surface area contributed by atoms with Gasteiger partial charge in [-0.15, -0.1) is 0 Å². The Labute approximate surface area is 189 Å². The van der Waals surface area contributed by atoms with E-state index in [-0.39, 0.29) is 5.41 Å². The van der Waals surface area contributed by atoms with Gasteiger partial charge in [0.1, 0.15) is 0 Å². The van der Waals surface area contributed by atoms with Crippen molar-refractivity contribution in [2.24, 2.45) is 0 Å². The third-order valence-corrected chi connectivity index (χ3v) is 5.73. The van der Waals surface area contributed by atoms with Crippen molar-refractivity contribution in [3.05, 3.63) is 90.1 Å². The van der Waals surface area contributed by atoms with Gasteiger partial charge in [-0.3, -0.25) is 0 Å². The van der Waals surface area contributed by atoms with Crippen LogP contribution < -0.4 is 0 Å². The van der Waals surface area contributed by atoms with Crippen LogP contribution in [0.4, 0.5) is 13.2 Å². The number of rotatable bonds is 2. The highest BCUT2D eigenvalue weighted by molar-refractivity contribution is 6.11. The third kappa shape index (κ3) is 3.65. The lowest BCUT2D eigenvalue weighted by atomic mass is 9.88. The molecule has 0 atom stereocenters. The first kappa shape index (κ1) is 21.2. The SMILES string of the molecule is CC(C)(C)c1nn(-c2ccccc2)c2nc(-c3ccc(C(F)(F)F)cc3)c3ccccc3c12. The fraction of sp³-hybridized carbons (Fsp3) is 0.185. The number of hydrogen-bond acceptors (Lipinski definition) is 2. The summed E-state index contributed by atoms with van der Waals surface area (Å²) in [6, 6.07) is 22.8. The first-order valence-electron chi connectivity index (χ1n) is 10.7. The fourth-order valence-electron chi connectivity index (χ4n) is 4.15. The third-order valence-electron chi connectivity index (χ3n) is 5.73. The van der Waals surface area contributed by atoms with E-state index >= 15 is 0 Å². The van der Waals surface area contributed by atoms with Crippen LogP contribution in [0.3, 0.4) is 0 Å². The molecule has 0 saturated carbocycles. The molecule has 0 unspecified atom stereocenters. The van der Waals surface area contributed by atoms with Crippen LogP contribution in [-0.4, -0.2) is 14.8 Å². The van der Waals surface area contributed by atoms with Crippen molar-refractivity contribution in [3.63, 3.8) is 0 Å². The molecule has 6 heteroatoms. The number of alkyl halides is 3.